The zero-order valence-electron chi connectivity index (χ0n) is 18.8. The molecule has 3 saturated carbocycles. The molecule has 4 aliphatic rings. The van der Waals surface area contributed by atoms with E-state index in [1.165, 1.54) is 49.8 Å². The summed E-state index contributed by atoms with van der Waals surface area (Å²) in [4.78, 5) is 5.11. The van der Waals surface area contributed by atoms with E-state index in [2.05, 4.69) is 55.8 Å². The van der Waals surface area contributed by atoms with E-state index in [1.54, 1.807) is 5.57 Å². The Labute approximate surface area is 180 Å². The molecule has 160 valence electrons. The zero-order chi connectivity index (χ0) is 20.7. The molecule has 3 nitrogen and oxygen atoms in total. The van der Waals surface area contributed by atoms with E-state index in [4.69, 9.17) is 4.98 Å². The van der Waals surface area contributed by atoms with Gasteiger partial charge in [0.25, 0.3) is 0 Å². The molecular weight excluding hydrogens is 368 g/mol. The van der Waals surface area contributed by atoms with Gasteiger partial charge in [-0.1, -0.05) is 25.5 Å². The third-order valence-electron chi connectivity index (χ3n) is 10.1. The van der Waals surface area contributed by atoms with Crippen molar-refractivity contribution in [2.75, 3.05) is 0 Å². The molecule has 7 atom stereocenters. The summed E-state index contributed by atoms with van der Waals surface area (Å²) < 4.78 is 2.22. The Bertz CT molecular complexity index is 1020. The second-order valence-electron chi connectivity index (χ2n) is 11.5. The Balaban J connectivity index is 1.33. The molecule has 0 radical (unpaired) electrons. The predicted octanol–water partition coefficient (Wildman–Crippen LogP) is 6.05. The lowest BCUT2D eigenvalue weighted by atomic mass is 9.47. The van der Waals surface area contributed by atoms with Crippen molar-refractivity contribution >= 4 is 5.65 Å². The monoisotopic (exact) mass is 404 g/mol. The van der Waals surface area contributed by atoms with Crippen LogP contribution in [0.15, 0.2) is 36.2 Å². The number of allylic oxidation sites excluding steroid dienone is 1. The lowest BCUT2D eigenvalue weighted by Crippen LogP contribution is -2.50. The molecule has 0 spiro atoms. The van der Waals surface area contributed by atoms with Crippen LogP contribution in [0.1, 0.15) is 82.4 Å². The first kappa shape index (κ1) is 19.1. The van der Waals surface area contributed by atoms with Crippen LogP contribution in [0, 0.1) is 35.5 Å². The van der Waals surface area contributed by atoms with Gasteiger partial charge in [-0.05, 0) is 105 Å². The van der Waals surface area contributed by atoms with Gasteiger partial charge in [-0.2, -0.15) is 0 Å². The number of pyridine rings is 1. The third kappa shape index (κ3) is 2.57. The van der Waals surface area contributed by atoms with Crippen LogP contribution in [0.3, 0.4) is 0 Å². The SMILES string of the molecule is Cc1ccn2cc([C@H]3CCC4C5CC=C6C[C@@H](O)CC[C@]6(C)C5CC[C@@]43C)nc2c1. The molecule has 3 unspecified atom stereocenters. The molecule has 4 aliphatic carbocycles. The molecule has 0 aromatic carbocycles. The molecule has 30 heavy (non-hydrogen) atoms. The van der Waals surface area contributed by atoms with Crippen LogP contribution in [-0.4, -0.2) is 20.6 Å². The van der Waals surface area contributed by atoms with Crippen LogP contribution in [0.4, 0.5) is 0 Å². The summed E-state index contributed by atoms with van der Waals surface area (Å²) in [7, 11) is 0. The fourth-order valence-electron chi connectivity index (χ4n) is 8.40. The number of aliphatic hydroxyl groups excluding tert-OH is 1. The van der Waals surface area contributed by atoms with E-state index in [0.29, 0.717) is 16.7 Å². The average Bonchev–Trinajstić information content (AvgIpc) is 3.28. The minimum absolute atomic E-state index is 0.107. The minimum Gasteiger partial charge on any atom is -0.393 e. The number of nitrogens with zero attached hydrogens (tertiary/aromatic N) is 2. The molecule has 2 heterocycles. The van der Waals surface area contributed by atoms with E-state index in [0.717, 1.165) is 36.2 Å². The summed E-state index contributed by atoms with van der Waals surface area (Å²) in [6.07, 6.45) is 16.6. The smallest absolute Gasteiger partial charge is 0.137 e. The maximum Gasteiger partial charge on any atom is 0.137 e. The number of aliphatic hydroxyl groups is 1. The van der Waals surface area contributed by atoms with Gasteiger partial charge in [0, 0.05) is 18.3 Å². The first-order valence-corrected chi connectivity index (χ1v) is 12.2. The molecule has 1 N–H and O–H groups in total. The minimum atomic E-state index is -0.107. The van der Waals surface area contributed by atoms with Gasteiger partial charge in [0.2, 0.25) is 0 Å². The van der Waals surface area contributed by atoms with Crippen LogP contribution in [-0.2, 0) is 0 Å². The Hall–Kier alpha value is -1.61. The van der Waals surface area contributed by atoms with Crippen LogP contribution in [0.25, 0.3) is 5.65 Å². The van der Waals surface area contributed by atoms with Gasteiger partial charge in [-0.3, -0.25) is 0 Å². The third-order valence-corrected chi connectivity index (χ3v) is 10.1. The second-order valence-corrected chi connectivity index (χ2v) is 11.5. The van der Waals surface area contributed by atoms with Crippen molar-refractivity contribution in [3.05, 3.63) is 47.4 Å². The van der Waals surface area contributed by atoms with Crippen molar-refractivity contribution < 1.29 is 5.11 Å². The van der Waals surface area contributed by atoms with E-state index in [9.17, 15) is 5.11 Å². The van der Waals surface area contributed by atoms with Crippen LogP contribution >= 0.6 is 0 Å². The molecule has 0 amide bonds. The standard InChI is InChI=1S/C27H36N2O/c1-17-10-13-29-16-24(28-25(29)14-17)23-7-6-21-20-5-4-18-15-19(30)8-11-26(18,2)22(20)9-12-27(21,23)3/h4,10,13-14,16,19-23,30H,5-9,11-12,15H2,1-3H3/t19-,20?,21?,22?,23+,26-,27-/m0/s1. The van der Waals surface area contributed by atoms with Gasteiger partial charge in [0.05, 0.1) is 11.8 Å². The van der Waals surface area contributed by atoms with Crippen molar-refractivity contribution in [2.45, 2.75) is 84.2 Å². The highest BCUT2D eigenvalue weighted by Gasteiger charge is 2.59. The molecule has 2 aromatic heterocycles. The molecule has 2 aromatic rings. The van der Waals surface area contributed by atoms with Crippen molar-refractivity contribution in [3.63, 3.8) is 0 Å². The van der Waals surface area contributed by atoms with Crippen molar-refractivity contribution in [1.29, 1.82) is 0 Å². The lowest BCUT2D eigenvalue weighted by molar-refractivity contribution is -0.0412. The predicted molar refractivity (Wildman–Crippen MR) is 120 cm³/mol. The van der Waals surface area contributed by atoms with Crippen molar-refractivity contribution in [1.82, 2.24) is 9.38 Å². The Morgan fingerprint density at radius 2 is 1.97 bits per heavy atom. The van der Waals surface area contributed by atoms with Crippen LogP contribution < -0.4 is 0 Å². The summed E-state index contributed by atoms with van der Waals surface area (Å²) in [5.41, 5.74) is 6.00. The highest BCUT2D eigenvalue weighted by Crippen LogP contribution is 2.67. The molecule has 3 fully saturated rings. The van der Waals surface area contributed by atoms with E-state index >= 15 is 0 Å². The van der Waals surface area contributed by atoms with E-state index < -0.39 is 0 Å². The van der Waals surface area contributed by atoms with Crippen molar-refractivity contribution in [2.24, 2.45) is 28.6 Å². The first-order chi connectivity index (χ1) is 14.4. The van der Waals surface area contributed by atoms with E-state index in [-0.39, 0.29) is 6.10 Å². The summed E-state index contributed by atoms with van der Waals surface area (Å²) in [6, 6.07) is 4.39. The topological polar surface area (TPSA) is 37.5 Å². The molecule has 0 saturated heterocycles. The summed E-state index contributed by atoms with van der Waals surface area (Å²) in [5.74, 6) is 3.03. The summed E-state index contributed by atoms with van der Waals surface area (Å²) in [6.45, 7) is 7.27. The zero-order valence-corrected chi connectivity index (χ0v) is 18.8. The summed E-state index contributed by atoms with van der Waals surface area (Å²) >= 11 is 0. The van der Waals surface area contributed by atoms with Crippen LogP contribution in [0.2, 0.25) is 0 Å². The molecular formula is C27H36N2O. The fraction of sp³-hybridized carbons (Fsp3) is 0.667. The highest BCUT2D eigenvalue weighted by molar-refractivity contribution is 5.43. The molecule has 6 rings (SSSR count). The maximum absolute atomic E-state index is 10.2. The number of hydrogen-bond donors (Lipinski definition) is 1. The van der Waals surface area contributed by atoms with Gasteiger partial charge in [-0.15, -0.1) is 0 Å². The van der Waals surface area contributed by atoms with E-state index in [1.807, 2.05) is 0 Å². The van der Waals surface area contributed by atoms with Crippen molar-refractivity contribution in [3.8, 4) is 0 Å². The average molecular weight is 405 g/mol. The highest BCUT2D eigenvalue weighted by atomic mass is 16.3. The Morgan fingerprint density at radius 1 is 1.10 bits per heavy atom. The number of fused-ring (bicyclic) bond motifs is 6. The van der Waals surface area contributed by atoms with Gasteiger partial charge in [-0.25, -0.2) is 4.98 Å². The lowest BCUT2D eigenvalue weighted by Gasteiger charge is -2.58. The molecule has 3 heteroatoms. The Kier molecular flexibility index (Phi) is 4.11. The van der Waals surface area contributed by atoms with Crippen LogP contribution in [0.5, 0.6) is 0 Å². The number of aromatic nitrogens is 2. The second kappa shape index (κ2) is 6.45. The molecule has 0 aliphatic heterocycles. The van der Waals surface area contributed by atoms with Gasteiger partial charge in [0.15, 0.2) is 0 Å². The van der Waals surface area contributed by atoms with Gasteiger partial charge in [0.1, 0.15) is 5.65 Å². The van der Waals surface area contributed by atoms with Gasteiger partial charge >= 0.3 is 0 Å². The number of aryl methyl sites for hydroxylation is 1. The summed E-state index contributed by atoms with van der Waals surface area (Å²) in [5, 5.41) is 10.2. The largest absolute Gasteiger partial charge is 0.393 e. The molecule has 0 bridgehead atoms. The number of imidazole rings is 1. The Morgan fingerprint density at radius 3 is 2.83 bits per heavy atom. The quantitative estimate of drug-likeness (QED) is 0.588. The first-order valence-electron chi connectivity index (χ1n) is 12.2. The maximum atomic E-state index is 10.2. The van der Waals surface area contributed by atoms with Gasteiger partial charge < -0.3 is 9.51 Å². The fourth-order valence-corrected chi connectivity index (χ4v) is 8.40. The number of hydrogen-bond acceptors (Lipinski definition) is 2. The number of rotatable bonds is 1. The normalized spacial score (nSPS) is 43.1.